The van der Waals surface area contributed by atoms with Crippen LogP contribution in [0.25, 0.3) is 0 Å². The first-order chi connectivity index (χ1) is 10.1. The van der Waals surface area contributed by atoms with Crippen molar-refractivity contribution >= 4 is 17.7 Å². The Hall–Kier alpha value is -1.40. The van der Waals surface area contributed by atoms with Crippen LogP contribution in [-0.4, -0.2) is 35.1 Å². The summed E-state index contributed by atoms with van der Waals surface area (Å²) in [5.74, 6) is 0.641. The molecule has 0 saturated heterocycles. The summed E-state index contributed by atoms with van der Waals surface area (Å²) in [4.78, 5) is 12.4. The van der Waals surface area contributed by atoms with Crippen LogP contribution in [0.5, 0.6) is 11.5 Å². The zero-order valence-electron chi connectivity index (χ0n) is 11.7. The fourth-order valence-electron chi connectivity index (χ4n) is 2.84. The Morgan fingerprint density at radius 3 is 2.86 bits per heavy atom. The third-order valence-corrected chi connectivity index (χ3v) is 5.25. The highest BCUT2D eigenvalue weighted by molar-refractivity contribution is 8.00. The van der Waals surface area contributed by atoms with Crippen LogP contribution >= 0.6 is 11.8 Å². The molecule has 3 rings (SSSR count). The number of benzene rings is 1. The van der Waals surface area contributed by atoms with Gasteiger partial charge in [-0.05, 0) is 43.9 Å². The molecule has 2 unspecified atom stereocenters. The minimum Gasteiger partial charge on any atom is -0.486 e. The minimum atomic E-state index is -1.08. The van der Waals surface area contributed by atoms with Gasteiger partial charge >= 0.3 is 5.97 Å². The van der Waals surface area contributed by atoms with Crippen LogP contribution in [0.2, 0.25) is 0 Å². The molecule has 0 bridgehead atoms. The highest BCUT2D eigenvalue weighted by Crippen LogP contribution is 2.40. The van der Waals surface area contributed by atoms with Crippen molar-refractivity contribution in [3.8, 4) is 11.5 Å². The van der Waals surface area contributed by atoms with Crippen LogP contribution in [0.3, 0.4) is 0 Å². The highest BCUT2D eigenvalue weighted by atomic mass is 32.2. The summed E-state index contributed by atoms with van der Waals surface area (Å²) in [6.07, 6.45) is 2.90. The summed E-state index contributed by atoms with van der Waals surface area (Å²) in [7, 11) is 0. The van der Waals surface area contributed by atoms with E-state index in [1.54, 1.807) is 11.8 Å². The van der Waals surface area contributed by atoms with Crippen LogP contribution in [0, 0.1) is 0 Å². The normalized spacial score (nSPS) is 28.1. The predicted octanol–water partition coefficient (Wildman–Crippen LogP) is 2.27. The van der Waals surface area contributed by atoms with Crippen molar-refractivity contribution in [2.24, 2.45) is 5.73 Å². The summed E-state index contributed by atoms with van der Waals surface area (Å²) < 4.78 is 11.1. The number of carboxylic acids is 1. The predicted molar refractivity (Wildman–Crippen MR) is 80.1 cm³/mol. The van der Waals surface area contributed by atoms with E-state index < -0.39 is 11.5 Å². The van der Waals surface area contributed by atoms with Gasteiger partial charge in [-0.3, -0.25) is 4.79 Å². The average molecular weight is 309 g/mol. The summed E-state index contributed by atoms with van der Waals surface area (Å²) in [6, 6.07) is 5.87. The average Bonchev–Trinajstić information content (AvgIpc) is 2.47. The van der Waals surface area contributed by atoms with E-state index in [0.29, 0.717) is 26.1 Å². The number of carbonyl (C=O) groups is 1. The van der Waals surface area contributed by atoms with Gasteiger partial charge in [0.05, 0.1) is 0 Å². The lowest BCUT2D eigenvalue weighted by Crippen LogP contribution is -2.51. The van der Waals surface area contributed by atoms with Gasteiger partial charge in [0, 0.05) is 10.1 Å². The minimum absolute atomic E-state index is 0.224. The molecule has 114 valence electrons. The van der Waals surface area contributed by atoms with Crippen LogP contribution in [0.4, 0.5) is 0 Å². The maximum atomic E-state index is 11.3. The van der Waals surface area contributed by atoms with E-state index in [0.717, 1.165) is 29.2 Å². The van der Waals surface area contributed by atoms with Gasteiger partial charge in [-0.1, -0.05) is 0 Å². The summed E-state index contributed by atoms with van der Waals surface area (Å²) in [5, 5.41) is 9.49. The van der Waals surface area contributed by atoms with Crippen molar-refractivity contribution in [2.45, 2.75) is 41.4 Å². The Kier molecular flexibility index (Phi) is 3.99. The quantitative estimate of drug-likeness (QED) is 0.891. The van der Waals surface area contributed by atoms with Crippen molar-refractivity contribution in [1.29, 1.82) is 0 Å². The lowest BCUT2D eigenvalue weighted by Gasteiger charge is -2.34. The zero-order chi connectivity index (χ0) is 14.9. The molecule has 1 saturated carbocycles. The fraction of sp³-hybridized carbons (Fsp3) is 0.533. The number of aliphatic carboxylic acids is 1. The molecule has 1 heterocycles. The Bertz CT molecular complexity index is 550. The van der Waals surface area contributed by atoms with Crippen molar-refractivity contribution in [3.05, 3.63) is 18.2 Å². The molecule has 5 nitrogen and oxygen atoms in total. The molecule has 0 aromatic heterocycles. The molecule has 0 spiro atoms. The molecule has 6 heteroatoms. The van der Waals surface area contributed by atoms with Gasteiger partial charge in [0.25, 0.3) is 0 Å². The van der Waals surface area contributed by atoms with E-state index >= 15 is 0 Å². The number of hydrogen-bond donors (Lipinski definition) is 2. The number of rotatable bonds is 3. The van der Waals surface area contributed by atoms with E-state index in [4.69, 9.17) is 15.2 Å². The number of thioether (sulfide) groups is 1. The number of fused-ring (bicyclic) bond motifs is 1. The van der Waals surface area contributed by atoms with Gasteiger partial charge in [-0.2, -0.15) is 0 Å². The van der Waals surface area contributed by atoms with Crippen LogP contribution in [0.1, 0.15) is 25.7 Å². The molecular weight excluding hydrogens is 290 g/mol. The van der Waals surface area contributed by atoms with E-state index in [1.165, 1.54) is 0 Å². The van der Waals surface area contributed by atoms with E-state index in [2.05, 4.69) is 0 Å². The van der Waals surface area contributed by atoms with E-state index in [-0.39, 0.29) is 5.25 Å². The second-order valence-electron chi connectivity index (χ2n) is 5.60. The molecule has 3 N–H and O–H groups in total. The van der Waals surface area contributed by atoms with Gasteiger partial charge in [-0.25, -0.2) is 0 Å². The molecular formula is C15H19NO4S. The fourth-order valence-corrected chi connectivity index (χ4v) is 4.21. The van der Waals surface area contributed by atoms with Gasteiger partial charge in [-0.15, -0.1) is 11.8 Å². The molecule has 0 radical (unpaired) electrons. The van der Waals surface area contributed by atoms with Gasteiger partial charge < -0.3 is 20.3 Å². The molecule has 1 aliphatic heterocycles. The zero-order valence-corrected chi connectivity index (χ0v) is 12.5. The Balaban J connectivity index is 1.70. The lowest BCUT2D eigenvalue weighted by molar-refractivity contribution is -0.144. The van der Waals surface area contributed by atoms with Crippen LogP contribution < -0.4 is 15.2 Å². The molecule has 2 aliphatic rings. The second-order valence-corrected chi connectivity index (χ2v) is 6.98. The SMILES string of the molecule is NC1(C(=O)O)CCCC(Sc2ccc3c(c2)OCCO3)C1. The number of hydrogen-bond acceptors (Lipinski definition) is 5. The van der Waals surface area contributed by atoms with E-state index in [9.17, 15) is 9.90 Å². The third-order valence-electron chi connectivity index (χ3n) is 3.98. The maximum Gasteiger partial charge on any atom is 0.323 e. The Morgan fingerprint density at radius 2 is 2.10 bits per heavy atom. The first-order valence-corrected chi connectivity index (χ1v) is 8.03. The summed E-state index contributed by atoms with van der Waals surface area (Å²) >= 11 is 1.68. The summed E-state index contributed by atoms with van der Waals surface area (Å²) in [5.41, 5.74) is 4.92. The molecule has 21 heavy (non-hydrogen) atoms. The van der Waals surface area contributed by atoms with Crippen molar-refractivity contribution in [3.63, 3.8) is 0 Å². The number of nitrogens with two attached hydrogens (primary N) is 1. The Morgan fingerprint density at radius 1 is 1.33 bits per heavy atom. The molecule has 1 fully saturated rings. The van der Waals surface area contributed by atoms with Gasteiger partial charge in [0.1, 0.15) is 18.8 Å². The Labute approximate surface area is 127 Å². The number of carboxylic acid groups (broad SMARTS) is 1. The van der Waals surface area contributed by atoms with Gasteiger partial charge in [0.15, 0.2) is 11.5 Å². The molecule has 2 atom stereocenters. The van der Waals surface area contributed by atoms with Crippen molar-refractivity contribution < 1.29 is 19.4 Å². The molecule has 1 aromatic carbocycles. The largest absolute Gasteiger partial charge is 0.486 e. The molecule has 1 aromatic rings. The number of ether oxygens (including phenoxy) is 2. The lowest BCUT2D eigenvalue weighted by atomic mass is 9.82. The maximum absolute atomic E-state index is 11.3. The van der Waals surface area contributed by atoms with Crippen molar-refractivity contribution in [1.82, 2.24) is 0 Å². The van der Waals surface area contributed by atoms with E-state index in [1.807, 2.05) is 18.2 Å². The van der Waals surface area contributed by atoms with Crippen molar-refractivity contribution in [2.75, 3.05) is 13.2 Å². The third kappa shape index (κ3) is 3.11. The first kappa shape index (κ1) is 14.5. The second kappa shape index (κ2) is 5.77. The van der Waals surface area contributed by atoms with Crippen LogP contribution in [-0.2, 0) is 4.79 Å². The van der Waals surface area contributed by atoms with Crippen LogP contribution in [0.15, 0.2) is 23.1 Å². The topological polar surface area (TPSA) is 81.8 Å². The molecule has 0 amide bonds. The summed E-state index contributed by atoms with van der Waals surface area (Å²) in [6.45, 7) is 1.14. The standard InChI is InChI=1S/C15H19NO4S/c16-15(14(17)18)5-1-2-11(9-15)21-10-3-4-12-13(8-10)20-7-6-19-12/h3-4,8,11H,1-2,5-7,9,16H2,(H,17,18). The van der Waals surface area contributed by atoms with Gasteiger partial charge in [0.2, 0.25) is 0 Å². The molecule has 1 aliphatic carbocycles. The highest BCUT2D eigenvalue weighted by Gasteiger charge is 2.39. The smallest absolute Gasteiger partial charge is 0.323 e. The first-order valence-electron chi connectivity index (χ1n) is 7.15. The monoisotopic (exact) mass is 309 g/mol.